The van der Waals surface area contributed by atoms with E-state index in [1.165, 1.54) is 0 Å². The van der Waals surface area contributed by atoms with Crippen LogP contribution in [-0.2, 0) is 9.59 Å². The van der Waals surface area contributed by atoms with E-state index in [1.807, 2.05) is 0 Å². The first-order chi connectivity index (χ1) is 8.08. The van der Waals surface area contributed by atoms with Gasteiger partial charge in [0.2, 0.25) is 0 Å². The molecular formula is C12H18N2O2S. The molecule has 0 bridgehead atoms. The molecule has 0 aromatic rings. The molecule has 17 heavy (non-hydrogen) atoms. The molecule has 5 heteroatoms. The molecule has 94 valence electrons. The summed E-state index contributed by atoms with van der Waals surface area (Å²) >= 11 is 4.73. The van der Waals surface area contributed by atoms with Gasteiger partial charge in [0.25, 0.3) is 11.8 Å². The Morgan fingerprint density at radius 1 is 1.24 bits per heavy atom. The maximum Gasteiger partial charge on any atom is 0.262 e. The van der Waals surface area contributed by atoms with Crippen molar-refractivity contribution in [3.05, 3.63) is 11.6 Å². The van der Waals surface area contributed by atoms with Gasteiger partial charge in [0.15, 0.2) is 5.11 Å². The number of carbonyl (C=O) groups is 2. The van der Waals surface area contributed by atoms with Crippen molar-refractivity contribution in [2.75, 3.05) is 0 Å². The van der Waals surface area contributed by atoms with Crippen molar-refractivity contribution >= 4 is 29.1 Å². The lowest BCUT2D eigenvalue weighted by atomic mass is 9.95. The summed E-state index contributed by atoms with van der Waals surface area (Å²) < 4.78 is 0. The number of nitrogens with one attached hydrogen (secondary N) is 2. The van der Waals surface area contributed by atoms with Gasteiger partial charge in [-0.25, -0.2) is 0 Å². The van der Waals surface area contributed by atoms with Crippen molar-refractivity contribution in [3.8, 4) is 0 Å². The maximum absolute atomic E-state index is 11.6. The summed E-state index contributed by atoms with van der Waals surface area (Å²) in [7, 11) is 0. The summed E-state index contributed by atoms with van der Waals surface area (Å²) in [4.78, 5) is 23.2. The summed E-state index contributed by atoms with van der Waals surface area (Å²) in [6.07, 6.45) is 5.91. The highest BCUT2D eigenvalue weighted by Gasteiger charge is 2.26. The number of amides is 2. The Hall–Kier alpha value is -1.23. The van der Waals surface area contributed by atoms with E-state index in [4.69, 9.17) is 12.2 Å². The SMILES string of the molecule is CCCC[C@@H](C=C1C(=O)NC(=S)NC1=O)CC. The number of carbonyl (C=O) groups excluding carboxylic acids is 2. The van der Waals surface area contributed by atoms with Crippen LogP contribution < -0.4 is 10.6 Å². The third-order valence-electron chi connectivity index (χ3n) is 2.80. The lowest BCUT2D eigenvalue weighted by Crippen LogP contribution is -2.51. The van der Waals surface area contributed by atoms with Gasteiger partial charge < -0.3 is 0 Å². The molecule has 1 heterocycles. The quantitative estimate of drug-likeness (QED) is 0.445. The van der Waals surface area contributed by atoms with E-state index >= 15 is 0 Å². The minimum atomic E-state index is -0.395. The van der Waals surface area contributed by atoms with Crippen LogP contribution in [0.5, 0.6) is 0 Å². The summed E-state index contributed by atoms with van der Waals surface area (Å²) in [6, 6.07) is 0. The van der Waals surface area contributed by atoms with Crippen LogP contribution in [0.15, 0.2) is 11.6 Å². The summed E-state index contributed by atoms with van der Waals surface area (Å²) in [5.41, 5.74) is 0.182. The van der Waals surface area contributed by atoms with Crippen molar-refractivity contribution in [3.63, 3.8) is 0 Å². The van der Waals surface area contributed by atoms with Gasteiger partial charge in [-0.2, -0.15) is 0 Å². The second kappa shape index (κ2) is 6.49. The largest absolute Gasteiger partial charge is 0.299 e. The van der Waals surface area contributed by atoms with Crippen LogP contribution in [0.3, 0.4) is 0 Å². The average molecular weight is 254 g/mol. The summed E-state index contributed by atoms with van der Waals surface area (Å²) in [6.45, 7) is 4.18. The van der Waals surface area contributed by atoms with Crippen molar-refractivity contribution in [1.29, 1.82) is 0 Å². The van der Waals surface area contributed by atoms with Crippen LogP contribution in [-0.4, -0.2) is 16.9 Å². The minimum Gasteiger partial charge on any atom is -0.299 e. The molecule has 0 aliphatic carbocycles. The predicted octanol–water partition coefficient (Wildman–Crippen LogP) is 1.66. The number of thiocarbonyl (C=S) groups is 1. The number of hydrogen-bond acceptors (Lipinski definition) is 3. The third kappa shape index (κ3) is 3.93. The molecule has 0 aromatic heterocycles. The molecule has 1 rings (SSSR count). The first-order valence-corrected chi connectivity index (χ1v) is 6.37. The summed E-state index contributed by atoms with van der Waals surface area (Å²) in [5.74, 6) is -0.518. The van der Waals surface area contributed by atoms with Gasteiger partial charge in [0.1, 0.15) is 5.57 Å². The lowest BCUT2D eigenvalue weighted by molar-refractivity contribution is -0.123. The molecule has 1 saturated heterocycles. The predicted molar refractivity (Wildman–Crippen MR) is 70.3 cm³/mol. The van der Waals surface area contributed by atoms with Crippen LogP contribution in [0, 0.1) is 5.92 Å². The molecule has 0 aromatic carbocycles. The Bertz CT molecular complexity index is 342. The molecular weight excluding hydrogens is 236 g/mol. The molecule has 2 amide bonds. The molecule has 4 nitrogen and oxygen atoms in total. The highest BCUT2D eigenvalue weighted by atomic mass is 32.1. The Labute approximate surface area is 107 Å². The molecule has 1 atom stereocenters. The van der Waals surface area contributed by atoms with Crippen molar-refractivity contribution in [1.82, 2.24) is 10.6 Å². The van der Waals surface area contributed by atoms with Gasteiger partial charge in [0.05, 0.1) is 0 Å². The van der Waals surface area contributed by atoms with Crippen LogP contribution in [0.1, 0.15) is 39.5 Å². The van der Waals surface area contributed by atoms with E-state index in [2.05, 4.69) is 24.5 Å². The first kappa shape index (κ1) is 13.8. The average Bonchev–Trinajstić information content (AvgIpc) is 2.27. The van der Waals surface area contributed by atoms with Crippen molar-refractivity contribution in [2.45, 2.75) is 39.5 Å². The summed E-state index contributed by atoms with van der Waals surface area (Å²) in [5, 5.41) is 4.96. The van der Waals surface area contributed by atoms with E-state index in [-0.39, 0.29) is 16.6 Å². The Morgan fingerprint density at radius 3 is 2.29 bits per heavy atom. The molecule has 1 aliphatic heterocycles. The number of hydrogen-bond donors (Lipinski definition) is 2. The van der Waals surface area contributed by atoms with Crippen LogP contribution >= 0.6 is 12.2 Å². The van der Waals surface area contributed by atoms with E-state index in [1.54, 1.807) is 6.08 Å². The second-order valence-corrected chi connectivity index (χ2v) is 4.54. The van der Waals surface area contributed by atoms with Gasteiger partial charge in [-0.3, -0.25) is 20.2 Å². The van der Waals surface area contributed by atoms with Gasteiger partial charge in [-0.05, 0) is 31.0 Å². The van der Waals surface area contributed by atoms with E-state index in [9.17, 15) is 9.59 Å². The van der Waals surface area contributed by atoms with Gasteiger partial charge in [-0.1, -0.05) is 32.8 Å². The molecule has 1 aliphatic rings. The number of allylic oxidation sites excluding steroid dienone is 1. The van der Waals surface area contributed by atoms with Gasteiger partial charge >= 0.3 is 0 Å². The van der Waals surface area contributed by atoms with E-state index in [0.29, 0.717) is 0 Å². The smallest absolute Gasteiger partial charge is 0.262 e. The van der Waals surface area contributed by atoms with Crippen LogP contribution in [0.25, 0.3) is 0 Å². The molecule has 0 unspecified atom stereocenters. The Morgan fingerprint density at radius 2 is 1.82 bits per heavy atom. The van der Waals surface area contributed by atoms with E-state index < -0.39 is 11.8 Å². The molecule has 0 radical (unpaired) electrons. The zero-order chi connectivity index (χ0) is 12.8. The van der Waals surface area contributed by atoms with Crippen LogP contribution in [0.4, 0.5) is 0 Å². The normalized spacial score (nSPS) is 17.5. The zero-order valence-electron chi connectivity index (χ0n) is 10.2. The van der Waals surface area contributed by atoms with Crippen molar-refractivity contribution < 1.29 is 9.59 Å². The molecule has 0 saturated carbocycles. The Kier molecular flexibility index (Phi) is 5.28. The zero-order valence-corrected chi connectivity index (χ0v) is 11.0. The molecule has 1 fully saturated rings. The highest BCUT2D eigenvalue weighted by molar-refractivity contribution is 7.80. The number of rotatable bonds is 5. The van der Waals surface area contributed by atoms with Gasteiger partial charge in [-0.15, -0.1) is 0 Å². The monoisotopic (exact) mass is 254 g/mol. The Balaban J connectivity index is 2.77. The second-order valence-electron chi connectivity index (χ2n) is 4.13. The lowest BCUT2D eigenvalue weighted by Gasteiger charge is -2.18. The fourth-order valence-electron chi connectivity index (χ4n) is 1.73. The topological polar surface area (TPSA) is 58.2 Å². The minimum absolute atomic E-state index is 0.0822. The molecule has 2 N–H and O–H groups in total. The standard InChI is InChI=1S/C12H18N2O2S/c1-3-5-6-8(4-2)7-9-10(15)13-12(17)14-11(9)16/h7-8H,3-6H2,1-2H3,(H2,13,14,15,16,17)/t8-/m0/s1. The third-order valence-corrected chi connectivity index (χ3v) is 3.00. The maximum atomic E-state index is 11.6. The fraction of sp³-hybridized carbons (Fsp3) is 0.583. The molecule has 0 spiro atoms. The van der Waals surface area contributed by atoms with Gasteiger partial charge in [0, 0.05) is 0 Å². The van der Waals surface area contributed by atoms with Crippen molar-refractivity contribution in [2.24, 2.45) is 5.92 Å². The van der Waals surface area contributed by atoms with E-state index in [0.717, 1.165) is 25.7 Å². The number of unbranched alkanes of at least 4 members (excludes halogenated alkanes) is 1. The first-order valence-electron chi connectivity index (χ1n) is 5.97. The van der Waals surface area contributed by atoms with Crippen LogP contribution in [0.2, 0.25) is 0 Å². The highest BCUT2D eigenvalue weighted by Crippen LogP contribution is 2.17. The fourth-order valence-corrected chi connectivity index (χ4v) is 1.92.